The molecule has 4 nitrogen and oxygen atoms in total. The van der Waals surface area contributed by atoms with Crippen molar-refractivity contribution in [3.63, 3.8) is 0 Å². The predicted octanol–water partition coefficient (Wildman–Crippen LogP) is 3.47. The maximum Gasteiger partial charge on any atom is 0.160 e. The van der Waals surface area contributed by atoms with Crippen molar-refractivity contribution >= 4 is 0 Å². The van der Waals surface area contributed by atoms with Gasteiger partial charge in [0.15, 0.2) is 11.5 Å². The molecule has 0 heterocycles. The van der Waals surface area contributed by atoms with E-state index in [1.807, 2.05) is 42.5 Å². The number of benzene rings is 2. The molecule has 0 spiro atoms. The second kappa shape index (κ2) is 8.29. The molecule has 0 aliphatic carbocycles. The number of hydrogen-bond acceptors (Lipinski definition) is 4. The third kappa shape index (κ3) is 4.40. The maximum absolute atomic E-state index is 5.71. The van der Waals surface area contributed by atoms with Crippen molar-refractivity contribution in [2.24, 2.45) is 0 Å². The second-order valence-corrected chi connectivity index (χ2v) is 4.84. The molecule has 0 N–H and O–H groups in total. The summed E-state index contributed by atoms with van der Waals surface area (Å²) >= 11 is 0. The summed E-state index contributed by atoms with van der Waals surface area (Å²) in [5.41, 5.74) is 2.29. The third-order valence-corrected chi connectivity index (χ3v) is 3.41. The lowest BCUT2D eigenvalue weighted by Crippen LogP contribution is -2.00. The first-order valence-corrected chi connectivity index (χ1v) is 7.18. The zero-order chi connectivity index (χ0) is 15.8. The molecule has 4 heteroatoms. The summed E-state index contributed by atoms with van der Waals surface area (Å²) in [7, 11) is 4.94. The molecule has 2 aromatic carbocycles. The summed E-state index contributed by atoms with van der Waals surface area (Å²) in [5, 5.41) is 0. The highest BCUT2D eigenvalue weighted by molar-refractivity contribution is 5.42. The van der Waals surface area contributed by atoms with E-state index >= 15 is 0 Å². The molecule has 0 fully saturated rings. The predicted molar refractivity (Wildman–Crippen MR) is 85.9 cm³/mol. The quantitative estimate of drug-likeness (QED) is 0.700. The molecule has 0 radical (unpaired) electrons. The highest BCUT2D eigenvalue weighted by atomic mass is 16.5. The lowest BCUT2D eigenvalue weighted by Gasteiger charge is -2.10. The van der Waals surface area contributed by atoms with Gasteiger partial charge in [-0.15, -0.1) is 0 Å². The Kier molecular flexibility index (Phi) is 6.10. The molecule has 0 aromatic heterocycles. The Hall–Kier alpha value is -2.20. The Morgan fingerprint density at radius 3 is 2.05 bits per heavy atom. The molecular weight excluding hydrogens is 280 g/mol. The van der Waals surface area contributed by atoms with Gasteiger partial charge in [0, 0.05) is 0 Å². The van der Waals surface area contributed by atoms with E-state index in [4.69, 9.17) is 18.9 Å². The van der Waals surface area contributed by atoms with Crippen molar-refractivity contribution in [3.8, 4) is 17.2 Å². The van der Waals surface area contributed by atoms with E-state index in [1.54, 1.807) is 21.3 Å². The van der Waals surface area contributed by atoms with Gasteiger partial charge in [-0.1, -0.05) is 18.2 Å². The van der Waals surface area contributed by atoms with E-state index in [0.29, 0.717) is 13.2 Å². The van der Waals surface area contributed by atoms with Crippen LogP contribution in [-0.4, -0.2) is 27.9 Å². The van der Waals surface area contributed by atoms with Crippen LogP contribution in [0, 0.1) is 0 Å². The van der Waals surface area contributed by atoms with Gasteiger partial charge in [-0.05, 0) is 41.8 Å². The highest BCUT2D eigenvalue weighted by Gasteiger charge is 2.04. The minimum absolute atomic E-state index is 0.595. The van der Waals surface area contributed by atoms with Crippen LogP contribution in [0.15, 0.2) is 42.5 Å². The Morgan fingerprint density at radius 1 is 0.727 bits per heavy atom. The number of ether oxygens (including phenoxy) is 4. The SMILES string of the molecule is COc1ccc(COCCc2ccc(OC)c(OC)c2)cc1. The molecule has 0 bridgehead atoms. The monoisotopic (exact) mass is 302 g/mol. The zero-order valence-corrected chi connectivity index (χ0v) is 13.3. The average Bonchev–Trinajstić information content (AvgIpc) is 2.59. The fourth-order valence-corrected chi connectivity index (χ4v) is 2.14. The molecule has 0 atom stereocenters. The standard InChI is InChI=1S/C18H22O4/c1-19-16-7-4-15(5-8-16)13-22-11-10-14-6-9-17(20-2)18(12-14)21-3/h4-9,12H,10-11,13H2,1-3H3. The Morgan fingerprint density at radius 2 is 1.41 bits per heavy atom. The zero-order valence-electron chi connectivity index (χ0n) is 13.3. The molecule has 0 aliphatic rings. The Bertz CT molecular complexity index is 578. The summed E-state index contributed by atoms with van der Waals surface area (Å²) in [6, 6.07) is 13.8. The van der Waals surface area contributed by atoms with Gasteiger partial charge in [-0.3, -0.25) is 0 Å². The fourth-order valence-electron chi connectivity index (χ4n) is 2.14. The largest absolute Gasteiger partial charge is 0.497 e. The highest BCUT2D eigenvalue weighted by Crippen LogP contribution is 2.27. The van der Waals surface area contributed by atoms with Gasteiger partial charge in [-0.25, -0.2) is 0 Å². The molecule has 22 heavy (non-hydrogen) atoms. The minimum atomic E-state index is 0.595. The van der Waals surface area contributed by atoms with Crippen molar-refractivity contribution in [1.82, 2.24) is 0 Å². The first-order chi connectivity index (χ1) is 10.8. The van der Waals surface area contributed by atoms with Crippen LogP contribution in [0.1, 0.15) is 11.1 Å². The van der Waals surface area contributed by atoms with Crippen LogP contribution in [0.2, 0.25) is 0 Å². The van der Waals surface area contributed by atoms with Crippen molar-refractivity contribution in [2.75, 3.05) is 27.9 Å². The van der Waals surface area contributed by atoms with Crippen LogP contribution in [-0.2, 0) is 17.8 Å². The molecule has 0 amide bonds. The summed E-state index contributed by atoms with van der Waals surface area (Å²) in [6.07, 6.45) is 0.830. The van der Waals surface area contributed by atoms with Crippen molar-refractivity contribution in [1.29, 1.82) is 0 Å². The number of hydrogen-bond donors (Lipinski definition) is 0. The van der Waals surface area contributed by atoms with Crippen LogP contribution >= 0.6 is 0 Å². The molecule has 2 rings (SSSR count). The molecule has 0 aliphatic heterocycles. The van der Waals surface area contributed by atoms with E-state index in [2.05, 4.69) is 0 Å². The van der Waals surface area contributed by atoms with Gasteiger partial charge in [0.2, 0.25) is 0 Å². The van der Waals surface area contributed by atoms with Gasteiger partial charge >= 0.3 is 0 Å². The van der Waals surface area contributed by atoms with Crippen molar-refractivity contribution < 1.29 is 18.9 Å². The number of rotatable bonds is 8. The van der Waals surface area contributed by atoms with Crippen molar-refractivity contribution in [3.05, 3.63) is 53.6 Å². The lowest BCUT2D eigenvalue weighted by molar-refractivity contribution is 0.124. The Balaban J connectivity index is 1.80. The van der Waals surface area contributed by atoms with Crippen LogP contribution in [0.3, 0.4) is 0 Å². The van der Waals surface area contributed by atoms with Gasteiger partial charge in [0.1, 0.15) is 5.75 Å². The molecule has 118 valence electrons. The van der Waals surface area contributed by atoms with E-state index in [1.165, 1.54) is 0 Å². The molecule has 0 saturated carbocycles. The van der Waals surface area contributed by atoms with Crippen LogP contribution in [0.5, 0.6) is 17.2 Å². The smallest absolute Gasteiger partial charge is 0.160 e. The summed E-state index contributed by atoms with van der Waals surface area (Å²) in [5.74, 6) is 2.34. The van der Waals surface area contributed by atoms with Gasteiger partial charge in [0.25, 0.3) is 0 Å². The van der Waals surface area contributed by atoms with Crippen LogP contribution in [0.25, 0.3) is 0 Å². The first kappa shape index (κ1) is 16.2. The fraction of sp³-hybridized carbons (Fsp3) is 0.333. The molecule has 0 unspecified atom stereocenters. The van der Waals surface area contributed by atoms with E-state index in [-0.39, 0.29) is 0 Å². The first-order valence-electron chi connectivity index (χ1n) is 7.18. The van der Waals surface area contributed by atoms with E-state index < -0.39 is 0 Å². The van der Waals surface area contributed by atoms with Gasteiger partial charge in [-0.2, -0.15) is 0 Å². The van der Waals surface area contributed by atoms with E-state index in [0.717, 1.165) is 34.8 Å². The Labute approximate surface area is 131 Å². The topological polar surface area (TPSA) is 36.9 Å². The summed E-state index contributed by atoms with van der Waals surface area (Å²) in [4.78, 5) is 0. The average molecular weight is 302 g/mol. The van der Waals surface area contributed by atoms with Gasteiger partial charge in [0.05, 0.1) is 34.5 Å². The summed E-state index contributed by atoms with van der Waals surface area (Å²) < 4.78 is 21.4. The van der Waals surface area contributed by atoms with E-state index in [9.17, 15) is 0 Å². The minimum Gasteiger partial charge on any atom is -0.497 e. The third-order valence-electron chi connectivity index (χ3n) is 3.41. The summed E-state index contributed by atoms with van der Waals surface area (Å²) in [6.45, 7) is 1.25. The maximum atomic E-state index is 5.71. The molecule has 2 aromatic rings. The van der Waals surface area contributed by atoms with Crippen molar-refractivity contribution in [2.45, 2.75) is 13.0 Å². The second-order valence-electron chi connectivity index (χ2n) is 4.84. The lowest BCUT2D eigenvalue weighted by atomic mass is 10.1. The normalized spacial score (nSPS) is 10.3. The van der Waals surface area contributed by atoms with Crippen LogP contribution < -0.4 is 14.2 Å². The molecular formula is C18H22O4. The number of methoxy groups -OCH3 is 3. The molecule has 0 saturated heterocycles. The van der Waals surface area contributed by atoms with Gasteiger partial charge < -0.3 is 18.9 Å². The van der Waals surface area contributed by atoms with Crippen LogP contribution in [0.4, 0.5) is 0 Å².